The van der Waals surface area contributed by atoms with Gasteiger partial charge in [-0.05, 0) is 31.5 Å². The molecule has 0 unspecified atom stereocenters. The van der Waals surface area contributed by atoms with Gasteiger partial charge in [-0.1, -0.05) is 18.6 Å². The molecule has 0 bridgehead atoms. The van der Waals surface area contributed by atoms with Crippen LogP contribution in [-0.4, -0.2) is 32.7 Å². The molecule has 0 heterocycles. The van der Waals surface area contributed by atoms with Crippen molar-refractivity contribution in [2.24, 2.45) is 5.73 Å². The van der Waals surface area contributed by atoms with Gasteiger partial charge in [-0.3, -0.25) is 4.79 Å². The van der Waals surface area contributed by atoms with Crippen LogP contribution in [0.2, 0.25) is 0 Å². The van der Waals surface area contributed by atoms with Gasteiger partial charge >= 0.3 is 0 Å². The summed E-state index contributed by atoms with van der Waals surface area (Å²) >= 11 is 0. The average Bonchev–Trinajstić information content (AvgIpc) is 2.45. The second-order valence-electron chi connectivity index (χ2n) is 4.14. The van der Waals surface area contributed by atoms with E-state index in [0.717, 1.165) is 19.3 Å². The van der Waals surface area contributed by atoms with Crippen LogP contribution in [-0.2, 0) is 4.79 Å². The Morgan fingerprint density at radius 1 is 1.21 bits per heavy atom. The summed E-state index contributed by atoms with van der Waals surface area (Å²) in [7, 11) is 1.57. The van der Waals surface area contributed by atoms with Crippen molar-refractivity contribution in [1.29, 1.82) is 0 Å². The number of hydrogen-bond acceptors (Lipinski definition) is 4. The monoisotopic (exact) mass is 266 g/mol. The van der Waals surface area contributed by atoms with Crippen LogP contribution in [0.1, 0.15) is 19.3 Å². The van der Waals surface area contributed by atoms with Crippen LogP contribution >= 0.6 is 0 Å². The normalized spacial score (nSPS) is 10.0. The molecule has 19 heavy (non-hydrogen) atoms. The van der Waals surface area contributed by atoms with E-state index >= 15 is 0 Å². The molecule has 3 N–H and O–H groups in total. The summed E-state index contributed by atoms with van der Waals surface area (Å²) in [4.78, 5) is 11.5. The van der Waals surface area contributed by atoms with Crippen LogP contribution in [0, 0.1) is 0 Å². The molecule has 0 aromatic heterocycles. The number of para-hydroxylation sites is 2. The zero-order valence-electron chi connectivity index (χ0n) is 11.4. The van der Waals surface area contributed by atoms with Gasteiger partial charge in [0.15, 0.2) is 18.1 Å². The Labute approximate surface area is 114 Å². The highest BCUT2D eigenvalue weighted by atomic mass is 16.5. The van der Waals surface area contributed by atoms with E-state index in [1.165, 1.54) is 0 Å². The van der Waals surface area contributed by atoms with Gasteiger partial charge in [0, 0.05) is 6.54 Å². The Hall–Kier alpha value is -1.75. The standard InChI is InChI=1S/C14H22N2O3/c1-18-12-7-3-4-8-13(12)19-11-14(17)16-10-6-2-5-9-15/h3-4,7-8H,2,5-6,9-11,15H2,1H3,(H,16,17). The molecule has 0 aliphatic heterocycles. The lowest BCUT2D eigenvalue weighted by atomic mass is 10.2. The largest absolute Gasteiger partial charge is 0.493 e. The number of methoxy groups -OCH3 is 1. The van der Waals surface area contributed by atoms with Crippen LogP contribution in [0.15, 0.2) is 24.3 Å². The predicted molar refractivity (Wildman–Crippen MR) is 74.4 cm³/mol. The molecule has 0 radical (unpaired) electrons. The van der Waals surface area contributed by atoms with Crippen molar-refractivity contribution >= 4 is 5.91 Å². The number of hydrogen-bond donors (Lipinski definition) is 2. The van der Waals surface area contributed by atoms with Crippen molar-refractivity contribution in [3.05, 3.63) is 24.3 Å². The van der Waals surface area contributed by atoms with E-state index in [2.05, 4.69) is 5.32 Å². The first kappa shape index (κ1) is 15.3. The molecule has 0 spiro atoms. The van der Waals surface area contributed by atoms with Crippen molar-refractivity contribution in [1.82, 2.24) is 5.32 Å². The maximum atomic E-state index is 11.5. The highest BCUT2D eigenvalue weighted by Gasteiger charge is 2.06. The van der Waals surface area contributed by atoms with E-state index in [-0.39, 0.29) is 12.5 Å². The number of unbranched alkanes of at least 4 members (excludes halogenated alkanes) is 2. The van der Waals surface area contributed by atoms with Crippen molar-refractivity contribution < 1.29 is 14.3 Å². The molecule has 0 aliphatic carbocycles. The number of nitrogens with one attached hydrogen (secondary N) is 1. The third-order valence-electron chi connectivity index (χ3n) is 2.63. The second-order valence-corrected chi connectivity index (χ2v) is 4.14. The van der Waals surface area contributed by atoms with E-state index in [0.29, 0.717) is 24.6 Å². The van der Waals surface area contributed by atoms with Gasteiger partial charge in [-0.2, -0.15) is 0 Å². The van der Waals surface area contributed by atoms with Crippen molar-refractivity contribution in [3.63, 3.8) is 0 Å². The highest BCUT2D eigenvalue weighted by molar-refractivity contribution is 5.77. The number of carbonyl (C=O) groups excluding carboxylic acids is 1. The number of carbonyl (C=O) groups is 1. The Morgan fingerprint density at radius 2 is 1.95 bits per heavy atom. The Kier molecular flexibility index (Phi) is 7.43. The molecule has 5 heteroatoms. The predicted octanol–water partition coefficient (Wildman–Crippen LogP) is 1.32. The third-order valence-corrected chi connectivity index (χ3v) is 2.63. The molecule has 5 nitrogen and oxygen atoms in total. The first-order valence-corrected chi connectivity index (χ1v) is 6.50. The fourth-order valence-corrected chi connectivity index (χ4v) is 1.61. The minimum atomic E-state index is -0.126. The van der Waals surface area contributed by atoms with Crippen LogP contribution < -0.4 is 20.5 Å². The Bertz CT molecular complexity index is 383. The maximum Gasteiger partial charge on any atom is 0.257 e. The van der Waals surface area contributed by atoms with Crippen LogP contribution in [0.5, 0.6) is 11.5 Å². The molecule has 1 rings (SSSR count). The third kappa shape index (κ3) is 6.10. The summed E-state index contributed by atoms with van der Waals surface area (Å²) in [6.07, 6.45) is 2.97. The van der Waals surface area contributed by atoms with Crippen molar-refractivity contribution in [3.8, 4) is 11.5 Å². The van der Waals surface area contributed by atoms with Crippen LogP contribution in [0.4, 0.5) is 0 Å². The summed E-state index contributed by atoms with van der Waals surface area (Å²) in [5.74, 6) is 1.07. The van der Waals surface area contributed by atoms with Crippen LogP contribution in [0.3, 0.4) is 0 Å². The van der Waals surface area contributed by atoms with Gasteiger partial charge in [0.1, 0.15) is 0 Å². The SMILES string of the molecule is COc1ccccc1OCC(=O)NCCCCCN. The van der Waals surface area contributed by atoms with Crippen molar-refractivity contribution in [2.75, 3.05) is 26.8 Å². The number of nitrogens with two attached hydrogens (primary N) is 1. The van der Waals surface area contributed by atoms with Gasteiger partial charge in [-0.25, -0.2) is 0 Å². The van der Waals surface area contributed by atoms with Gasteiger partial charge in [0.05, 0.1) is 7.11 Å². The first-order chi connectivity index (χ1) is 9.27. The molecule has 1 amide bonds. The maximum absolute atomic E-state index is 11.5. The van der Waals surface area contributed by atoms with Crippen molar-refractivity contribution in [2.45, 2.75) is 19.3 Å². The highest BCUT2D eigenvalue weighted by Crippen LogP contribution is 2.25. The zero-order chi connectivity index (χ0) is 13.9. The molecule has 0 fully saturated rings. The zero-order valence-corrected chi connectivity index (χ0v) is 11.4. The molecule has 0 saturated heterocycles. The molecule has 0 atom stereocenters. The van der Waals surface area contributed by atoms with E-state index in [1.807, 2.05) is 12.1 Å². The summed E-state index contributed by atoms with van der Waals surface area (Å²) in [6.45, 7) is 1.36. The molecular weight excluding hydrogens is 244 g/mol. The fraction of sp³-hybridized carbons (Fsp3) is 0.500. The summed E-state index contributed by atoms with van der Waals surface area (Å²) in [5, 5.41) is 2.80. The molecule has 1 aromatic carbocycles. The number of ether oxygens (including phenoxy) is 2. The average molecular weight is 266 g/mol. The van der Waals surface area contributed by atoms with Gasteiger partial charge in [-0.15, -0.1) is 0 Å². The van der Waals surface area contributed by atoms with Gasteiger partial charge in [0.2, 0.25) is 0 Å². The van der Waals surface area contributed by atoms with E-state index < -0.39 is 0 Å². The smallest absolute Gasteiger partial charge is 0.257 e. The number of benzene rings is 1. The lowest BCUT2D eigenvalue weighted by Gasteiger charge is -2.10. The lowest BCUT2D eigenvalue weighted by Crippen LogP contribution is -2.29. The summed E-state index contributed by atoms with van der Waals surface area (Å²) < 4.78 is 10.5. The topological polar surface area (TPSA) is 73.6 Å². The first-order valence-electron chi connectivity index (χ1n) is 6.50. The van der Waals surface area contributed by atoms with E-state index in [1.54, 1.807) is 19.2 Å². The minimum Gasteiger partial charge on any atom is -0.493 e. The second kappa shape index (κ2) is 9.22. The Balaban J connectivity index is 2.22. The minimum absolute atomic E-state index is 0.00272. The molecule has 1 aromatic rings. The quantitative estimate of drug-likeness (QED) is 0.661. The van der Waals surface area contributed by atoms with E-state index in [4.69, 9.17) is 15.2 Å². The Morgan fingerprint density at radius 3 is 2.63 bits per heavy atom. The number of rotatable bonds is 9. The number of amides is 1. The molecule has 0 saturated carbocycles. The summed E-state index contributed by atoms with van der Waals surface area (Å²) in [5.41, 5.74) is 5.39. The summed E-state index contributed by atoms with van der Waals surface area (Å²) in [6, 6.07) is 7.25. The molecular formula is C14H22N2O3. The molecule has 106 valence electrons. The lowest BCUT2D eigenvalue weighted by molar-refractivity contribution is -0.123. The van der Waals surface area contributed by atoms with Gasteiger partial charge < -0.3 is 20.5 Å². The van der Waals surface area contributed by atoms with E-state index in [9.17, 15) is 4.79 Å². The van der Waals surface area contributed by atoms with Gasteiger partial charge in [0.25, 0.3) is 5.91 Å². The molecule has 0 aliphatic rings. The van der Waals surface area contributed by atoms with Crippen LogP contribution in [0.25, 0.3) is 0 Å². The fourth-order valence-electron chi connectivity index (χ4n) is 1.61.